The fourth-order valence-electron chi connectivity index (χ4n) is 3.44. The van der Waals surface area contributed by atoms with E-state index in [-0.39, 0.29) is 12.5 Å². The number of benzene rings is 1. The van der Waals surface area contributed by atoms with Crippen molar-refractivity contribution in [2.24, 2.45) is 0 Å². The lowest BCUT2D eigenvalue weighted by Crippen LogP contribution is -2.66. The highest BCUT2D eigenvalue weighted by molar-refractivity contribution is 5.77. The fourth-order valence-corrected chi connectivity index (χ4v) is 3.44. The van der Waals surface area contributed by atoms with Gasteiger partial charge in [0.1, 0.15) is 12.3 Å². The number of carbonyl (C=O) groups is 1. The van der Waals surface area contributed by atoms with E-state index in [0.29, 0.717) is 6.54 Å². The Labute approximate surface area is 132 Å². The zero-order valence-electron chi connectivity index (χ0n) is 13.4. The van der Waals surface area contributed by atoms with Crippen molar-refractivity contribution < 1.29 is 14.0 Å². The molecule has 0 spiro atoms. The van der Waals surface area contributed by atoms with Crippen LogP contribution < -0.4 is 10.1 Å². The molecule has 0 aromatic heterocycles. The first-order chi connectivity index (χ1) is 10.7. The number of likely N-dealkylation sites (N-methyl/N-ethyl adjacent to an activating group) is 1. The quantitative estimate of drug-likeness (QED) is 0.792. The molecule has 3 saturated heterocycles. The standard InChI is InChI=1S/C17H25N3O2/c1-2-18-17(21)14-22-16-5-3-15(4-6-16)13-20-10-7-19(8-11-20)9-12-20/h3-6H,2,7-14H2,1H3/p+1. The number of ether oxygens (including phenoxy) is 1. The highest BCUT2D eigenvalue weighted by Gasteiger charge is 2.38. The van der Waals surface area contributed by atoms with Crippen molar-refractivity contribution in [3.63, 3.8) is 0 Å². The Morgan fingerprint density at radius 2 is 1.82 bits per heavy atom. The summed E-state index contributed by atoms with van der Waals surface area (Å²) in [5, 5.41) is 2.73. The number of rotatable bonds is 6. The van der Waals surface area contributed by atoms with Crippen LogP contribution in [0.2, 0.25) is 0 Å². The number of nitrogens with zero attached hydrogens (tertiary/aromatic N) is 2. The average Bonchev–Trinajstić information content (AvgIpc) is 2.56. The molecule has 3 fully saturated rings. The molecule has 1 aromatic rings. The molecule has 1 N–H and O–H groups in total. The maximum atomic E-state index is 11.4. The minimum atomic E-state index is -0.0731. The lowest BCUT2D eigenvalue weighted by molar-refractivity contribution is -0.953. The van der Waals surface area contributed by atoms with E-state index >= 15 is 0 Å². The van der Waals surface area contributed by atoms with E-state index in [9.17, 15) is 4.79 Å². The summed E-state index contributed by atoms with van der Waals surface area (Å²) < 4.78 is 6.73. The monoisotopic (exact) mass is 304 g/mol. The second-order valence-electron chi connectivity index (χ2n) is 6.40. The Bertz CT molecular complexity index is 493. The van der Waals surface area contributed by atoms with Crippen LogP contribution in [0.1, 0.15) is 12.5 Å². The van der Waals surface area contributed by atoms with Crippen LogP contribution in [-0.4, -0.2) is 67.7 Å². The average molecular weight is 304 g/mol. The molecule has 4 rings (SSSR count). The maximum absolute atomic E-state index is 11.4. The van der Waals surface area contributed by atoms with Gasteiger partial charge in [0.05, 0.1) is 19.6 Å². The first-order valence-electron chi connectivity index (χ1n) is 8.25. The maximum Gasteiger partial charge on any atom is 0.257 e. The summed E-state index contributed by atoms with van der Waals surface area (Å²) in [6.07, 6.45) is 0. The molecule has 3 heterocycles. The molecular weight excluding hydrogens is 278 g/mol. The van der Waals surface area contributed by atoms with Gasteiger partial charge in [-0.05, 0) is 31.2 Å². The summed E-state index contributed by atoms with van der Waals surface area (Å²) >= 11 is 0. The van der Waals surface area contributed by atoms with Gasteiger partial charge in [0, 0.05) is 31.7 Å². The van der Waals surface area contributed by atoms with Crippen molar-refractivity contribution in [2.75, 3.05) is 52.4 Å². The number of fused-ring (bicyclic) bond motifs is 3. The Kier molecular flexibility index (Phi) is 4.64. The van der Waals surface area contributed by atoms with E-state index in [4.69, 9.17) is 4.74 Å². The summed E-state index contributed by atoms with van der Waals surface area (Å²) in [6, 6.07) is 8.24. The molecule has 0 saturated carbocycles. The van der Waals surface area contributed by atoms with Crippen LogP contribution in [0.4, 0.5) is 0 Å². The number of piperazine rings is 3. The van der Waals surface area contributed by atoms with E-state index in [1.165, 1.54) is 49.3 Å². The van der Waals surface area contributed by atoms with Crippen molar-refractivity contribution in [1.29, 1.82) is 0 Å². The minimum Gasteiger partial charge on any atom is -0.484 e. The number of carbonyl (C=O) groups excluding carboxylic acids is 1. The Morgan fingerprint density at radius 3 is 2.41 bits per heavy atom. The number of nitrogens with one attached hydrogen (secondary N) is 1. The van der Waals surface area contributed by atoms with Crippen molar-refractivity contribution in [2.45, 2.75) is 13.5 Å². The van der Waals surface area contributed by atoms with Gasteiger partial charge in [-0.1, -0.05) is 0 Å². The van der Waals surface area contributed by atoms with Gasteiger partial charge in [0.25, 0.3) is 5.91 Å². The molecule has 22 heavy (non-hydrogen) atoms. The lowest BCUT2D eigenvalue weighted by Gasteiger charge is -2.50. The largest absolute Gasteiger partial charge is 0.484 e. The van der Waals surface area contributed by atoms with Crippen LogP contribution in [0.3, 0.4) is 0 Å². The second-order valence-corrected chi connectivity index (χ2v) is 6.40. The van der Waals surface area contributed by atoms with Gasteiger partial charge < -0.3 is 14.5 Å². The van der Waals surface area contributed by atoms with Crippen LogP contribution in [0.15, 0.2) is 24.3 Å². The van der Waals surface area contributed by atoms with E-state index < -0.39 is 0 Å². The van der Waals surface area contributed by atoms with E-state index in [1.807, 2.05) is 19.1 Å². The molecule has 120 valence electrons. The third kappa shape index (κ3) is 3.59. The third-order valence-electron chi connectivity index (χ3n) is 4.86. The van der Waals surface area contributed by atoms with E-state index in [2.05, 4.69) is 22.3 Å². The number of hydrogen-bond acceptors (Lipinski definition) is 3. The number of quaternary nitrogens is 1. The van der Waals surface area contributed by atoms with Gasteiger partial charge in [-0.15, -0.1) is 0 Å². The number of amides is 1. The first-order valence-corrected chi connectivity index (χ1v) is 8.25. The molecule has 5 nitrogen and oxygen atoms in total. The van der Waals surface area contributed by atoms with Crippen LogP contribution >= 0.6 is 0 Å². The summed E-state index contributed by atoms with van der Waals surface area (Å²) in [5.41, 5.74) is 1.36. The molecular formula is C17H26N3O2+. The first kappa shape index (κ1) is 15.3. The van der Waals surface area contributed by atoms with Crippen LogP contribution in [0.25, 0.3) is 0 Å². The summed E-state index contributed by atoms with van der Waals surface area (Å²) in [7, 11) is 0. The molecule has 0 aliphatic carbocycles. The topological polar surface area (TPSA) is 41.6 Å². The van der Waals surface area contributed by atoms with Crippen molar-refractivity contribution in [3.05, 3.63) is 29.8 Å². The summed E-state index contributed by atoms with van der Waals surface area (Å²) in [5.74, 6) is 0.689. The minimum absolute atomic E-state index is 0.0731. The number of hydrogen-bond donors (Lipinski definition) is 1. The van der Waals surface area contributed by atoms with Crippen molar-refractivity contribution in [3.8, 4) is 5.75 Å². The molecule has 0 radical (unpaired) electrons. The van der Waals surface area contributed by atoms with Gasteiger partial charge in [0.2, 0.25) is 0 Å². The molecule has 2 bridgehead atoms. The van der Waals surface area contributed by atoms with Gasteiger partial charge >= 0.3 is 0 Å². The van der Waals surface area contributed by atoms with Crippen LogP contribution in [0, 0.1) is 0 Å². The fraction of sp³-hybridized carbons (Fsp3) is 0.588. The smallest absolute Gasteiger partial charge is 0.257 e. The molecule has 3 aliphatic rings. The summed E-state index contributed by atoms with van der Waals surface area (Å²) in [4.78, 5) is 14.0. The highest BCUT2D eigenvalue weighted by atomic mass is 16.5. The lowest BCUT2D eigenvalue weighted by atomic mass is 10.1. The van der Waals surface area contributed by atoms with Crippen molar-refractivity contribution >= 4 is 5.91 Å². The highest BCUT2D eigenvalue weighted by Crippen LogP contribution is 2.24. The Hall–Kier alpha value is -1.59. The second kappa shape index (κ2) is 6.67. The van der Waals surface area contributed by atoms with Crippen LogP contribution in [-0.2, 0) is 11.3 Å². The predicted molar refractivity (Wildman–Crippen MR) is 85.6 cm³/mol. The predicted octanol–water partition coefficient (Wildman–Crippen LogP) is 0.848. The molecule has 0 atom stereocenters. The molecule has 5 heteroatoms. The van der Waals surface area contributed by atoms with Crippen molar-refractivity contribution in [1.82, 2.24) is 10.2 Å². The zero-order valence-corrected chi connectivity index (χ0v) is 13.4. The normalized spacial score (nSPS) is 26.7. The molecule has 0 unspecified atom stereocenters. The van der Waals surface area contributed by atoms with Gasteiger partial charge in [-0.2, -0.15) is 0 Å². The third-order valence-corrected chi connectivity index (χ3v) is 4.86. The van der Waals surface area contributed by atoms with E-state index in [1.54, 1.807) is 0 Å². The van der Waals surface area contributed by atoms with Gasteiger partial charge in [-0.25, -0.2) is 0 Å². The Balaban J connectivity index is 1.54. The summed E-state index contributed by atoms with van der Waals surface area (Å²) in [6.45, 7) is 11.3. The molecule has 1 aromatic carbocycles. The van der Waals surface area contributed by atoms with Gasteiger partial charge in [0.15, 0.2) is 6.61 Å². The molecule has 3 aliphatic heterocycles. The SMILES string of the molecule is CCNC(=O)COc1ccc(C[N+]23CCN(CC2)CC3)cc1. The molecule has 1 amide bonds. The Morgan fingerprint density at radius 1 is 1.18 bits per heavy atom. The van der Waals surface area contributed by atoms with E-state index in [0.717, 1.165) is 12.3 Å². The zero-order chi connectivity index (χ0) is 15.4. The van der Waals surface area contributed by atoms with Gasteiger partial charge in [-0.3, -0.25) is 9.69 Å². The van der Waals surface area contributed by atoms with Crippen LogP contribution in [0.5, 0.6) is 5.75 Å².